The molecule has 0 aromatic carbocycles. The van der Waals surface area contributed by atoms with E-state index in [-0.39, 0.29) is 11.9 Å². The Balaban J connectivity index is 1.76. The van der Waals surface area contributed by atoms with Crippen LogP contribution in [0.3, 0.4) is 0 Å². The molecule has 1 saturated heterocycles. The summed E-state index contributed by atoms with van der Waals surface area (Å²) in [7, 11) is 0. The van der Waals surface area contributed by atoms with E-state index in [1.165, 1.54) is 6.42 Å². The predicted molar refractivity (Wildman–Crippen MR) is 46.7 cm³/mol. The summed E-state index contributed by atoms with van der Waals surface area (Å²) in [6.07, 6.45) is 3.31. The number of hydrogen-bond donors (Lipinski definition) is 2. The second kappa shape index (κ2) is 3.05. The topological polar surface area (TPSA) is 41.1 Å². The predicted octanol–water partition coefficient (Wildman–Crippen LogP) is 0.263. The molecule has 68 valence electrons. The lowest BCUT2D eigenvalue weighted by atomic mass is 10.2. The fraction of sp³-hybridized carbons (Fsp3) is 0.889. The van der Waals surface area contributed by atoms with Gasteiger partial charge in [-0.1, -0.05) is 6.92 Å². The van der Waals surface area contributed by atoms with Gasteiger partial charge in [0.25, 0.3) is 0 Å². The van der Waals surface area contributed by atoms with Gasteiger partial charge in [-0.25, -0.2) is 0 Å². The third-order valence-corrected chi connectivity index (χ3v) is 2.81. The van der Waals surface area contributed by atoms with Crippen molar-refractivity contribution in [1.29, 1.82) is 0 Å². The van der Waals surface area contributed by atoms with Gasteiger partial charge in [0, 0.05) is 6.04 Å². The first-order valence-corrected chi connectivity index (χ1v) is 4.81. The second-order valence-corrected chi connectivity index (χ2v) is 3.98. The summed E-state index contributed by atoms with van der Waals surface area (Å²) >= 11 is 0. The minimum absolute atomic E-state index is 0.0952. The summed E-state index contributed by atoms with van der Waals surface area (Å²) in [6.45, 7) is 3.17. The van der Waals surface area contributed by atoms with Gasteiger partial charge in [0.2, 0.25) is 5.91 Å². The average molecular weight is 168 g/mol. The molecule has 2 rings (SSSR count). The molecule has 3 heteroatoms. The van der Waals surface area contributed by atoms with E-state index < -0.39 is 0 Å². The Kier molecular flexibility index (Phi) is 2.05. The van der Waals surface area contributed by atoms with Crippen LogP contribution >= 0.6 is 0 Å². The Bertz CT molecular complexity index is 187. The summed E-state index contributed by atoms with van der Waals surface area (Å²) in [5.74, 6) is 0.914. The first kappa shape index (κ1) is 8.05. The van der Waals surface area contributed by atoms with E-state index in [9.17, 15) is 4.79 Å². The zero-order chi connectivity index (χ0) is 8.55. The maximum atomic E-state index is 11.5. The molecule has 0 aromatic heterocycles. The van der Waals surface area contributed by atoms with Crippen molar-refractivity contribution in [2.45, 2.75) is 38.3 Å². The summed E-state index contributed by atoms with van der Waals surface area (Å²) in [5.41, 5.74) is 0. The van der Waals surface area contributed by atoms with Crippen LogP contribution in [0.1, 0.15) is 26.2 Å². The van der Waals surface area contributed by atoms with Crippen molar-refractivity contribution in [1.82, 2.24) is 10.6 Å². The molecule has 1 heterocycles. The first-order chi connectivity index (χ1) is 5.77. The Labute approximate surface area is 72.9 Å². The van der Waals surface area contributed by atoms with Crippen LogP contribution in [0.25, 0.3) is 0 Å². The standard InChI is InChI=1S/C9H16N2O/c1-6-5-8(6)11-9(12)7-3-2-4-10-7/h6-8,10H,2-5H2,1H3,(H,11,12)/t6?,7-,8?/m0/s1. The minimum Gasteiger partial charge on any atom is -0.352 e. The van der Waals surface area contributed by atoms with Crippen molar-refractivity contribution in [2.24, 2.45) is 5.92 Å². The van der Waals surface area contributed by atoms with Crippen LogP contribution < -0.4 is 10.6 Å². The zero-order valence-electron chi connectivity index (χ0n) is 7.47. The highest BCUT2D eigenvalue weighted by atomic mass is 16.2. The van der Waals surface area contributed by atoms with Crippen LogP contribution in [-0.4, -0.2) is 24.5 Å². The Morgan fingerprint density at radius 1 is 1.58 bits per heavy atom. The van der Waals surface area contributed by atoms with Crippen LogP contribution in [-0.2, 0) is 4.79 Å². The molecule has 2 fully saturated rings. The summed E-state index contributed by atoms with van der Waals surface area (Å²) in [5, 5.41) is 6.24. The van der Waals surface area contributed by atoms with E-state index in [1.807, 2.05) is 0 Å². The molecule has 1 saturated carbocycles. The molecule has 2 aliphatic rings. The van der Waals surface area contributed by atoms with Gasteiger partial charge < -0.3 is 10.6 Å². The van der Waals surface area contributed by atoms with Gasteiger partial charge in [0.15, 0.2) is 0 Å². The largest absolute Gasteiger partial charge is 0.352 e. The third kappa shape index (κ3) is 1.61. The van der Waals surface area contributed by atoms with Crippen molar-refractivity contribution in [3.63, 3.8) is 0 Å². The lowest BCUT2D eigenvalue weighted by molar-refractivity contribution is -0.123. The number of rotatable bonds is 2. The second-order valence-electron chi connectivity index (χ2n) is 3.98. The maximum absolute atomic E-state index is 11.5. The van der Waals surface area contributed by atoms with Crippen molar-refractivity contribution in [3.8, 4) is 0 Å². The third-order valence-electron chi connectivity index (χ3n) is 2.81. The van der Waals surface area contributed by atoms with Crippen LogP contribution in [0.5, 0.6) is 0 Å². The van der Waals surface area contributed by atoms with E-state index in [0.717, 1.165) is 19.4 Å². The fourth-order valence-corrected chi connectivity index (χ4v) is 1.71. The van der Waals surface area contributed by atoms with E-state index >= 15 is 0 Å². The highest BCUT2D eigenvalue weighted by Gasteiger charge is 2.35. The van der Waals surface area contributed by atoms with Gasteiger partial charge in [-0.05, 0) is 31.7 Å². The van der Waals surface area contributed by atoms with Gasteiger partial charge in [-0.2, -0.15) is 0 Å². The van der Waals surface area contributed by atoms with Gasteiger partial charge in [-0.3, -0.25) is 4.79 Å². The van der Waals surface area contributed by atoms with Crippen LogP contribution in [0.4, 0.5) is 0 Å². The molecule has 3 nitrogen and oxygen atoms in total. The lowest BCUT2D eigenvalue weighted by Gasteiger charge is -2.09. The first-order valence-electron chi connectivity index (χ1n) is 4.81. The molecule has 3 atom stereocenters. The number of hydrogen-bond acceptors (Lipinski definition) is 2. The van der Waals surface area contributed by atoms with Gasteiger partial charge in [0.1, 0.15) is 0 Å². The molecule has 2 unspecified atom stereocenters. The van der Waals surface area contributed by atoms with E-state index in [0.29, 0.717) is 12.0 Å². The van der Waals surface area contributed by atoms with Gasteiger partial charge >= 0.3 is 0 Å². The van der Waals surface area contributed by atoms with Gasteiger partial charge in [-0.15, -0.1) is 0 Å². The van der Waals surface area contributed by atoms with Crippen LogP contribution in [0.2, 0.25) is 0 Å². The fourth-order valence-electron chi connectivity index (χ4n) is 1.71. The Morgan fingerprint density at radius 3 is 2.83 bits per heavy atom. The normalized spacial score (nSPS) is 39.6. The quantitative estimate of drug-likeness (QED) is 0.621. The number of carbonyl (C=O) groups excluding carboxylic acids is 1. The monoisotopic (exact) mass is 168 g/mol. The van der Waals surface area contributed by atoms with Crippen molar-refractivity contribution in [2.75, 3.05) is 6.54 Å². The summed E-state index contributed by atoms with van der Waals surface area (Å²) in [6, 6.07) is 0.567. The SMILES string of the molecule is CC1CC1NC(=O)[C@@H]1CCCN1. The summed E-state index contributed by atoms with van der Waals surface area (Å²) in [4.78, 5) is 11.5. The molecule has 1 amide bonds. The van der Waals surface area contributed by atoms with E-state index in [4.69, 9.17) is 0 Å². The highest BCUT2D eigenvalue weighted by Crippen LogP contribution is 2.29. The molecule has 1 aliphatic heterocycles. The summed E-state index contributed by atoms with van der Waals surface area (Å²) < 4.78 is 0. The van der Waals surface area contributed by atoms with Crippen LogP contribution in [0, 0.1) is 5.92 Å². The van der Waals surface area contributed by atoms with E-state index in [2.05, 4.69) is 17.6 Å². The van der Waals surface area contributed by atoms with Crippen molar-refractivity contribution >= 4 is 5.91 Å². The number of carbonyl (C=O) groups is 1. The molecule has 0 radical (unpaired) electrons. The van der Waals surface area contributed by atoms with Gasteiger partial charge in [0.05, 0.1) is 6.04 Å². The Hall–Kier alpha value is -0.570. The smallest absolute Gasteiger partial charge is 0.237 e. The number of amides is 1. The van der Waals surface area contributed by atoms with E-state index in [1.54, 1.807) is 0 Å². The molecule has 1 aliphatic carbocycles. The molecular weight excluding hydrogens is 152 g/mol. The molecular formula is C9H16N2O. The van der Waals surface area contributed by atoms with Crippen molar-refractivity contribution < 1.29 is 4.79 Å². The highest BCUT2D eigenvalue weighted by molar-refractivity contribution is 5.82. The Morgan fingerprint density at radius 2 is 2.33 bits per heavy atom. The molecule has 2 N–H and O–H groups in total. The minimum atomic E-state index is 0.0952. The van der Waals surface area contributed by atoms with Crippen LogP contribution in [0.15, 0.2) is 0 Å². The molecule has 0 bridgehead atoms. The molecule has 0 spiro atoms. The zero-order valence-corrected chi connectivity index (χ0v) is 7.47. The molecule has 12 heavy (non-hydrogen) atoms. The lowest BCUT2D eigenvalue weighted by Crippen LogP contribution is -2.41. The molecule has 0 aromatic rings. The number of nitrogens with one attached hydrogen (secondary N) is 2. The van der Waals surface area contributed by atoms with Crippen molar-refractivity contribution in [3.05, 3.63) is 0 Å². The maximum Gasteiger partial charge on any atom is 0.237 e. The average Bonchev–Trinajstić information content (AvgIpc) is 2.58.